The monoisotopic (exact) mass is 476 g/mol. The minimum Gasteiger partial charge on any atom is -0.462 e. The van der Waals surface area contributed by atoms with E-state index in [0.29, 0.717) is 27.1 Å². The van der Waals surface area contributed by atoms with Crippen LogP contribution < -0.4 is 5.32 Å². The van der Waals surface area contributed by atoms with Crippen LogP contribution in [0.15, 0.2) is 77.3 Å². The number of ether oxygens (including phenoxy) is 1. The zero-order valence-corrected chi connectivity index (χ0v) is 19.4. The van der Waals surface area contributed by atoms with Crippen molar-refractivity contribution in [3.63, 3.8) is 0 Å². The van der Waals surface area contributed by atoms with Crippen LogP contribution in [0.5, 0.6) is 0 Å². The Hall–Kier alpha value is -3.56. The van der Waals surface area contributed by atoms with Gasteiger partial charge >= 0.3 is 5.97 Å². The first-order valence-electron chi connectivity index (χ1n) is 10.2. The zero-order valence-electron chi connectivity index (χ0n) is 17.7. The lowest BCUT2D eigenvalue weighted by atomic mass is 10.0. The average molecular weight is 477 g/mol. The minimum absolute atomic E-state index is 0.0702. The molecule has 0 saturated carbocycles. The first-order chi connectivity index (χ1) is 16.2. The smallest absolute Gasteiger partial charge is 0.341 e. The highest BCUT2D eigenvalue weighted by Crippen LogP contribution is 2.30. The van der Waals surface area contributed by atoms with E-state index in [4.69, 9.17) is 9.72 Å². The van der Waals surface area contributed by atoms with Gasteiger partial charge in [0.2, 0.25) is 11.1 Å². The lowest BCUT2D eigenvalue weighted by Gasteiger charge is -2.09. The molecule has 4 aromatic rings. The van der Waals surface area contributed by atoms with E-state index in [2.05, 4.69) is 15.5 Å². The van der Waals surface area contributed by atoms with Crippen molar-refractivity contribution in [3.05, 3.63) is 77.7 Å². The summed E-state index contributed by atoms with van der Waals surface area (Å²) in [5.41, 5.74) is 3.54. The molecule has 2 aromatic heterocycles. The van der Waals surface area contributed by atoms with Gasteiger partial charge in [0.1, 0.15) is 16.4 Å². The van der Waals surface area contributed by atoms with Crippen molar-refractivity contribution in [1.82, 2.24) is 15.2 Å². The highest BCUT2D eigenvalue weighted by atomic mass is 32.2. The van der Waals surface area contributed by atoms with Gasteiger partial charge in [-0.05, 0) is 18.4 Å². The van der Waals surface area contributed by atoms with Crippen LogP contribution >= 0.6 is 23.1 Å². The molecule has 2 heterocycles. The maximum Gasteiger partial charge on any atom is 0.341 e. The number of aromatic nitrogens is 3. The standard InChI is InChI=1S/C24H20N4O3S2/c1-2-31-23(30)18-13-14-32-22(18)25-19(29)15-33-24-26-20(16-9-5-3-6-10-16)21(27-28-24)17-11-7-4-8-12-17/h3-14H,2,15H2,1H3,(H,25,29). The molecule has 9 heteroatoms. The predicted octanol–water partition coefficient (Wildman–Crippen LogP) is 5.17. The molecule has 33 heavy (non-hydrogen) atoms. The van der Waals surface area contributed by atoms with Gasteiger partial charge in [-0.25, -0.2) is 9.78 Å². The number of esters is 1. The summed E-state index contributed by atoms with van der Waals surface area (Å²) in [6.45, 7) is 2.00. The Kier molecular flexibility index (Phi) is 7.43. The Balaban J connectivity index is 1.51. The number of carbonyl (C=O) groups is 2. The molecule has 0 aliphatic carbocycles. The lowest BCUT2D eigenvalue weighted by Crippen LogP contribution is -2.16. The fraction of sp³-hybridized carbons (Fsp3) is 0.125. The molecule has 0 aliphatic rings. The van der Waals surface area contributed by atoms with E-state index in [-0.39, 0.29) is 18.3 Å². The Morgan fingerprint density at radius 3 is 2.27 bits per heavy atom. The maximum atomic E-state index is 12.5. The maximum absolute atomic E-state index is 12.5. The van der Waals surface area contributed by atoms with E-state index in [1.54, 1.807) is 18.4 Å². The molecule has 1 N–H and O–H groups in total. The van der Waals surface area contributed by atoms with Crippen LogP contribution in [0.2, 0.25) is 0 Å². The normalized spacial score (nSPS) is 10.6. The fourth-order valence-corrected chi connectivity index (χ4v) is 4.41. The quantitative estimate of drug-likeness (QED) is 0.277. The van der Waals surface area contributed by atoms with Crippen molar-refractivity contribution in [2.45, 2.75) is 12.1 Å². The predicted molar refractivity (Wildman–Crippen MR) is 130 cm³/mol. The Labute approximate surface area is 199 Å². The number of anilines is 1. The summed E-state index contributed by atoms with van der Waals surface area (Å²) in [4.78, 5) is 29.2. The first-order valence-corrected chi connectivity index (χ1v) is 12.0. The van der Waals surface area contributed by atoms with Gasteiger partial charge in [0.25, 0.3) is 0 Å². The Morgan fingerprint density at radius 2 is 1.61 bits per heavy atom. The molecular weight excluding hydrogens is 456 g/mol. The molecule has 0 unspecified atom stereocenters. The van der Waals surface area contributed by atoms with Crippen LogP contribution in [0.25, 0.3) is 22.5 Å². The summed E-state index contributed by atoms with van der Waals surface area (Å²) >= 11 is 2.45. The first kappa shape index (κ1) is 22.6. The molecule has 0 aliphatic heterocycles. The number of hydrogen-bond acceptors (Lipinski definition) is 8. The van der Waals surface area contributed by atoms with E-state index in [9.17, 15) is 9.59 Å². The third-order valence-corrected chi connectivity index (χ3v) is 6.18. The molecule has 166 valence electrons. The number of amides is 1. The number of thiophene rings is 1. The van der Waals surface area contributed by atoms with Crippen LogP contribution in [-0.4, -0.2) is 39.4 Å². The van der Waals surface area contributed by atoms with E-state index in [1.165, 1.54) is 23.1 Å². The van der Waals surface area contributed by atoms with Gasteiger partial charge in [0.05, 0.1) is 17.9 Å². The van der Waals surface area contributed by atoms with E-state index in [1.807, 2.05) is 60.7 Å². The highest BCUT2D eigenvalue weighted by Gasteiger charge is 2.18. The average Bonchev–Trinajstić information content (AvgIpc) is 3.32. The molecule has 2 aromatic carbocycles. The van der Waals surface area contributed by atoms with Crippen molar-refractivity contribution in [2.24, 2.45) is 0 Å². The zero-order chi connectivity index (χ0) is 23.0. The van der Waals surface area contributed by atoms with Gasteiger partial charge in [0, 0.05) is 11.1 Å². The fourth-order valence-electron chi connectivity index (χ4n) is 3.03. The molecule has 0 spiro atoms. The number of rotatable bonds is 8. The largest absolute Gasteiger partial charge is 0.462 e. The van der Waals surface area contributed by atoms with Gasteiger partial charge < -0.3 is 10.1 Å². The molecule has 0 radical (unpaired) electrons. The van der Waals surface area contributed by atoms with Crippen LogP contribution in [0, 0.1) is 0 Å². The molecule has 1 amide bonds. The van der Waals surface area contributed by atoms with Gasteiger partial charge in [-0.2, -0.15) is 0 Å². The van der Waals surface area contributed by atoms with Gasteiger partial charge in [-0.3, -0.25) is 4.79 Å². The lowest BCUT2D eigenvalue weighted by molar-refractivity contribution is -0.113. The highest BCUT2D eigenvalue weighted by molar-refractivity contribution is 7.99. The minimum atomic E-state index is -0.460. The molecular formula is C24H20N4O3S2. The topological polar surface area (TPSA) is 94.1 Å². The molecule has 4 rings (SSSR count). The van der Waals surface area contributed by atoms with Crippen molar-refractivity contribution in [1.29, 1.82) is 0 Å². The number of nitrogens with one attached hydrogen (secondary N) is 1. The third-order valence-electron chi connectivity index (χ3n) is 4.51. The van der Waals surface area contributed by atoms with E-state index < -0.39 is 5.97 Å². The van der Waals surface area contributed by atoms with Crippen molar-refractivity contribution >= 4 is 40.0 Å². The second kappa shape index (κ2) is 10.8. The summed E-state index contributed by atoms with van der Waals surface area (Å²) in [7, 11) is 0. The molecule has 0 atom stereocenters. The van der Waals surface area contributed by atoms with Gasteiger partial charge in [-0.1, -0.05) is 72.4 Å². The second-order valence-corrected chi connectivity index (χ2v) is 8.60. The summed E-state index contributed by atoms with van der Waals surface area (Å²) in [5.74, 6) is -0.663. The Bertz CT molecular complexity index is 1250. The van der Waals surface area contributed by atoms with E-state index >= 15 is 0 Å². The van der Waals surface area contributed by atoms with Crippen LogP contribution in [0.4, 0.5) is 5.00 Å². The van der Waals surface area contributed by atoms with Gasteiger partial charge in [0.15, 0.2) is 0 Å². The van der Waals surface area contributed by atoms with Crippen LogP contribution in [-0.2, 0) is 9.53 Å². The third kappa shape index (κ3) is 5.63. The number of nitrogens with zero attached hydrogens (tertiary/aromatic N) is 3. The molecule has 7 nitrogen and oxygen atoms in total. The summed E-state index contributed by atoms with van der Waals surface area (Å²) in [6, 6.07) is 21.1. The molecule has 0 bridgehead atoms. The van der Waals surface area contributed by atoms with Crippen molar-refractivity contribution < 1.29 is 14.3 Å². The Morgan fingerprint density at radius 1 is 0.939 bits per heavy atom. The van der Waals surface area contributed by atoms with Gasteiger partial charge in [-0.15, -0.1) is 21.5 Å². The SMILES string of the molecule is CCOC(=O)c1ccsc1NC(=O)CSc1nnc(-c2ccccc2)c(-c2ccccc2)n1. The number of thioether (sulfide) groups is 1. The van der Waals surface area contributed by atoms with Crippen LogP contribution in [0.1, 0.15) is 17.3 Å². The summed E-state index contributed by atoms with van der Waals surface area (Å²) < 4.78 is 5.02. The van der Waals surface area contributed by atoms with E-state index in [0.717, 1.165) is 11.1 Å². The number of benzene rings is 2. The van der Waals surface area contributed by atoms with Crippen molar-refractivity contribution in [3.8, 4) is 22.5 Å². The molecule has 0 fully saturated rings. The van der Waals surface area contributed by atoms with Crippen molar-refractivity contribution in [2.75, 3.05) is 17.7 Å². The second-order valence-electron chi connectivity index (χ2n) is 6.74. The van der Waals surface area contributed by atoms with Crippen LogP contribution in [0.3, 0.4) is 0 Å². The number of hydrogen-bond donors (Lipinski definition) is 1. The summed E-state index contributed by atoms with van der Waals surface area (Å²) in [6.07, 6.45) is 0. The number of carbonyl (C=O) groups excluding carboxylic acids is 2. The summed E-state index contributed by atoms with van der Waals surface area (Å²) in [5, 5.41) is 14.0. The molecule has 0 saturated heterocycles.